The maximum absolute atomic E-state index is 13.9. The van der Waals surface area contributed by atoms with E-state index in [1.165, 1.54) is 32.1 Å². The minimum Gasteiger partial charge on any atom is -0.507 e. The Hall–Kier alpha value is -4.50. The van der Waals surface area contributed by atoms with E-state index < -0.39 is 107 Å². The number of Topliss-reactive ketones (excluding diaryl/α,β-unsaturated/α-hetero) is 5. The highest BCUT2D eigenvalue weighted by Crippen LogP contribution is 2.51. The van der Waals surface area contributed by atoms with Gasteiger partial charge in [-0.25, -0.2) is 4.79 Å². The zero-order valence-corrected chi connectivity index (χ0v) is 26.3. The van der Waals surface area contributed by atoms with Crippen LogP contribution in [0.3, 0.4) is 0 Å². The lowest BCUT2D eigenvalue weighted by Crippen LogP contribution is -2.74. The Bertz CT molecular complexity index is 1560. The number of hydrogen-bond donors (Lipinski definition) is 3. The van der Waals surface area contributed by atoms with Crippen molar-refractivity contribution in [3.8, 4) is 5.75 Å². The first-order chi connectivity index (χ1) is 21.2. The second-order valence-electron chi connectivity index (χ2n) is 13.3. The van der Waals surface area contributed by atoms with Crippen molar-refractivity contribution in [3.05, 3.63) is 28.8 Å². The summed E-state index contributed by atoms with van der Waals surface area (Å²) in [6, 6.07) is 1.08. The molecule has 1 aromatic carbocycles. The first kappa shape index (κ1) is 34.4. The Morgan fingerprint density at radius 2 is 1.65 bits per heavy atom. The van der Waals surface area contributed by atoms with Gasteiger partial charge in [-0.05, 0) is 71.3 Å². The molecule has 2 unspecified atom stereocenters. The third-order valence-corrected chi connectivity index (χ3v) is 8.92. The lowest BCUT2D eigenvalue weighted by Gasteiger charge is -2.52. The highest BCUT2D eigenvalue weighted by Gasteiger charge is 2.69. The number of benzene rings is 1. The van der Waals surface area contributed by atoms with Crippen molar-refractivity contribution in [3.63, 3.8) is 0 Å². The lowest BCUT2D eigenvalue weighted by atomic mass is 9.52. The van der Waals surface area contributed by atoms with Crippen LogP contribution in [-0.4, -0.2) is 113 Å². The molecule has 4 rings (SSSR count). The van der Waals surface area contributed by atoms with Crippen LogP contribution in [0.2, 0.25) is 0 Å². The van der Waals surface area contributed by atoms with E-state index in [4.69, 9.17) is 15.2 Å². The van der Waals surface area contributed by atoms with Crippen molar-refractivity contribution in [1.29, 1.82) is 0 Å². The standard InChI is InChI=1S/C31H37N3O12/c1-30(2,3)28(42)45-12-46-29(43)34(6)11-18(36)14-7-8-17(35)20-15(14)9-13-10-16-22(33(4)5)24(38)21(27(32)41)26(40)31(16,44)25(39)19(13)23(20)37/h7-8,13,16,19,21-22,35,44H,9-12H2,1-6H3,(H2,32,41)/t13-,16-,19?,21?,22-,31-/m0/s1. The highest BCUT2D eigenvalue weighted by molar-refractivity contribution is 6.32. The molecule has 15 heteroatoms. The summed E-state index contributed by atoms with van der Waals surface area (Å²) in [4.78, 5) is 107. The zero-order chi connectivity index (χ0) is 34.6. The number of aliphatic hydroxyl groups is 1. The quantitative estimate of drug-likeness (QED) is 0.150. The van der Waals surface area contributed by atoms with Crippen molar-refractivity contribution in [2.75, 3.05) is 34.5 Å². The van der Waals surface area contributed by atoms with E-state index in [0.29, 0.717) is 0 Å². The minimum absolute atomic E-state index is 0.0274. The average molecular weight is 644 g/mol. The number of rotatable bonds is 7. The van der Waals surface area contributed by atoms with Gasteiger partial charge in [0.1, 0.15) is 5.75 Å². The molecule has 0 bridgehead atoms. The molecule has 0 aromatic heterocycles. The van der Waals surface area contributed by atoms with Crippen LogP contribution in [0.1, 0.15) is 53.5 Å². The van der Waals surface area contributed by atoms with E-state index in [1.807, 2.05) is 0 Å². The van der Waals surface area contributed by atoms with Gasteiger partial charge in [-0.1, -0.05) is 0 Å². The number of phenolic OH excluding ortho intramolecular Hbond substituents is 1. The number of ketones is 5. The summed E-state index contributed by atoms with van der Waals surface area (Å²) in [6.45, 7) is 3.63. The number of hydrogen-bond acceptors (Lipinski definition) is 13. The molecule has 2 amide bonds. The predicted molar refractivity (Wildman–Crippen MR) is 155 cm³/mol. The van der Waals surface area contributed by atoms with Gasteiger partial charge in [0.05, 0.1) is 29.5 Å². The summed E-state index contributed by atoms with van der Waals surface area (Å²) in [5, 5.41) is 22.3. The third-order valence-electron chi connectivity index (χ3n) is 8.92. The lowest BCUT2D eigenvalue weighted by molar-refractivity contribution is -0.181. The molecule has 0 saturated heterocycles. The van der Waals surface area contributed by atoms with Gasteiger partial charge in [0.2, 0.25) is 12.7 Å². The summed E-state index contributed by atoms with van der Waals surface area (Å²) in [6.07, 6.45) is -1.29. The van der Waals surface area contributed by atoms with Gasteiger partial charge >= 0.3 is 12.1 Å². The monoisotopic (exact) mass is 643 g/mol. The van der Waals surface area contributed by atoms with E-state index in [-0.39, 0.29) is 29.5 Å². The molecular formula is C31H37N3O12. The molecule has 3 aliphatic rings. The topological polar surface area (TPSA) is 228 Å². The van der Waals surface area contributed by atoms with Gasteiger partial charge in [-0.3, -0.25) is 38.5 Å². The summed E-state index contributed by atoms with van der Waals surface area (Å²) < 4.78 is 9.82. The van der Waals surface area contributed by atoms with Crippen LogP contribution >= 0.6 is 0 Å². The number of nitrogens with two attached hydrogens (primary N) is 1. The Balaban J connectivity index is 1.63. The number of primary amides is 1. The molecule has 15 nitrogen and oxygen atoms in total. The van der Waals surface area contributed by atoms with Crippen LogP contribution in [0.15, 0.2) is 12.1 Å². The highest BCUT2D eigenvalue weighted by atomic mass is 16.7. The molecule has 6 atom stereocenters. The fraction of sp³-hybridized carbons (Fsp3) is 0.548. The Labute approximate surface area is 264 Å². The molecular weight excluding hydrogens is 606 g/mol. The second kappa shape index (κ2) is 12.0. The van der Waals surface area contributed by atoms with Crippen molar-refractivity contribution in [2.45, 2.75) is 45.3 Å². The molecule has 1 aromatic rings. The van der Waals surface area contributed by atoms with Crippen LogP contribution in [0.4, 0.5) is 4.79 Å². The molecule has 0 aliphatic heterocycles. The fourth-order valence-electron chi connectivity index (χ4n) is 6.69. The van der Waals surface area contributed by atoms with E-state index in [9.17, 15) is 48.6 Å². The third kappa shape index (κ3) is 5.57. The number of nitrogens with zero attached hydrogens (tertiary/aromatic N) is 2. The predicted octanol–water partition coefficient (Wildman–Crippen LogP) is -0.335. The molecule has 0 radical (unpaired) electrons. The average Bonchev–Trinajstić information content (AvgIpc) is 2.93. The molecule has 2 fully saturated rings. The summed E-state index contributed by atoms with van der Waals surface area (Å²) in [5.41, 5.74) is 1.34. The summed E-state index contributed by atoms with van der Waals surface area (Å²) in [7, 11) is 4.21. The normalized spacial score (nSPS) is 27.3. The van der Waals surface area contributed by atoms with Crippen molar-refractivity contribution < 1.29 is 58.0 Å². The van der Waals surface area contributed by atoms with E-state index in [1.54, 1.807) is 20.8 Å². The number of amides is 2. The van der Waals surface area contributed by atoms with Crippen molar-refractivity contribution in [1.82, 2.24) is 9.80 Å². The van der Waals surface area contributed by atoms with Crippen LogP contribution in [0.25, 0.3) is 0 Å². The van der Waals surface area contributed by atoms with Crippen molar-refractivity contribution >= 4 is 46.9 Å². The van der Waals surface area contributed by atoms with Gasteiger partial charge in [-0.2, -0.15) is 0 Å². The minimum atomic E-state index is -2.87. The number of ether oxygens (including phenoxy) is 2. The fourth-order valence-corrected chi connectivity index (χ4v) is 6.69. The number of phenols is 1. The largest absolute Gasteiger partial charge is 0.507 e. The first-order valence-electron chi connectivity index (χ1n) is 14.5. The van der Waals surface area contributed by atoms with E-state index in [0.717, 1.165) is 11.0 Å². The maximum atomic E-state index is 13.9. The second-order valence-corrected chi connectivity index (χ2v) is 13.3. The van der Waals surface area contributed by atoms with Gasteiger partial charge in [0.15, 0.2) is 40.4 Å². The molecule has 0 heterocycles. The van der Waals surface area contributed by atoms with Crippen LogP contribution in [-0.2, 0) is 39.9 Å². The molecule has 4 N–H and O–H groups in total. The van der Waals surface area contributed by atoms with Crippen molar-refractivity contribution in [2.24, 2.45) is 34.8 Å². The van der Waals surface area contributed by atoms with Gasteiger partial charge in [0.25, 0.3) is 0 Å². The summed E-state index contributed by atoms with van der Waals surface area (Å²) in [5.74, 6) is -13.5. The van der Waals surface area contributed by atoms with Gasteiger partial charge in [0, 0.05) is 18.5 Å². The number of carbonyl (C=O) groups excluding carboxylic acids is 8. The Morgan fingerprint density at radius 3 is 2.22 bits per heavy atom. The first-order valence-corrected chi connectivity index (χ1v) is 14.5. The smallest absolute Gasteiger partial charge is 0.412 e. The molecule has 2 saturated carbocycles. The number of esters is 1. The summed E-state index contributed by atoms with van der Waals surface area (Å²) >= 11 is 0. The molecule has 248 valence electrons. The van der Waals surface area contributed by atoms with Gasteiger partial charge < -0.3 is 30.3 Å². The SMILES string of the molecule is CN(CC(=O)c1ccc(O)c2c1C[C@H]1C[C@H]3[C@H](N(C)C)C(=O)C(C(N)=O)C(=O)[C@@]3(O)C(=O)C1C2=O)C(=O)OCOC(=O)C(C)(C)C. The number of carbonyl (C=O) groups is 8. The van der Waals surface area contributed by atoms with E-state index in [2.05, 4.69) is 0 Å². The Morgan fingerprint density at radius 1 is 1.02 bits per heavy atom. The zero-order valence-electron chi connectivity index (χ0n) is 26.3. The molecule has 0 spiro atoms. The van der Waals surface area contributed by atoms with Crippen LogP contribution in [0, 0.1) is 29.1 Å². The van der Waals surface area contributed by atoms with E-state index >= 15 is 0 Å². The van der Waals surface area contributed by atoms with Crippen LogP contribution < -0.4 is 5.73 Å². The number of likely N-dealkylation sites (N-methyl/N-ethyl adjacent to an activating group) is 2. The maximum Gasteiger partial charge on any atom is 0.412 e. The number of fused-ring (bicyclic) bond motifs is 3. The molecule has 46 heavy (non-hydrogen) atoms. The van der Waals surface area contributed by atoms with Crippen LogP contribution in [0.5, 0.6) is 5.75 Å². The van der Waals surface area contributed by atoms with Gasteiger partial charge in [-0.15, -0.1) is 0 Å². The molecule has 3 aliphatic carbocycles. The Kier molecular flexibility index (Phi) is 8.98. The number of aromatic hydroxyl groups is 1.